The Morgan fingerprint density at radius 2 is 1.80 bits per heavy atom. The lowest BCUT2D eigenvalue weighted by atomic mass is 9.91. The molecule has 15 heavy (non-hydrogen) atoms. The molecule has 3 amide bonds. The van der Waals surface area contributed by atoms with E-state index in [0.29, 0.717) is 0 Å². The van der Waals surface area contributed by atoms with Crippen molar-refractivity contribution in [3.05, 3.63) is 0 Å². The number of nitrogens with two attached hydrogens (primary N) is 1. The lowest BCUT2D eigenvalue weighted by Gasteiger charge is -2.31. The number of imide groups is 1. The summed E-state index contributed by atoms with van der Waals surface area (Å²) in [7, 11) is 1.66. The Balaban J connectivity index is 2.04. The number of hydrogen-bond acceptors (Lipinski definition) is 3. The highest BCUT2D eigenvalue weighted by molar-refractivity contribution is 6.02. The zero-order chi connectivity index (χ0) is 11.0. The first-order chi connectivity index (χ1) is 7.09. The van der Waals surface area contributed by atoms with Gasteiger partial charge in [0.2, 0.25) is 0 Å². The number of urea groups is 1. The van der Waals surface area contributed by atoms with E-state index in [-0.39, 0.29) is 30.6 Å². The van der Waals surface area contributed by atoms with Crippen molar-refractivity contribution in [3.63, 3.8) is 0 Å². The summed E-state index contributed by atoms with van der Waals surface area (Å²) in [5.74, 6) is -0.0667. The molecule has 0 atom stereocenters. The van der Waals surface area contributed by atoms with E-state index in [1.807, 2.05) is 0 Å². The number of carbonyl (C=O) groups excluding carboxylic acids is 2. The van der Waals surface area contributed by atoms with Crippen molar-refractivity contribution >= 4 is 11.9 Å². The molecule has 0 unspecified atom stereocenters. The topological polar surface area (TPSA) is 66.6 Å². The van der Waals surface area contributed by atoms with Crippen LogP contribution in [0.5, 0.6) is 0 Å². The first kappa shape index (κ1) is 10.4. The largest absolute Gasteiger partial charge is 0.328 e. The number of nitrogens with zero attached hydrogens (tertiary/aromatic N) is 2. The maximum absolute atomic E-state index is 11.7. The smallest absolute Gasteiger partial charge is 0.327 e. The van der Waals surface area contributed by atoms with Crippen LogP contribution in [0.15, 0.2) is 0 Å². The summed E-state index contributed by atoms with van der Waals surface area (Å²) in [6.07, 6.45) is 3.52. The Morgan fingerprint density at radius 1 is 1.20 bits per heavy atom. The minimum atomic E-state index is -0.152. The predicted molar refractivity (Wildman–Crippen MR) is 55.1 cm³/mol. The SMILES string of the molecule is CN1CC(=O)N(C2CCC(N)CC2)C1=O. The van der Waals surface area contributed by atoms with Gasteiger partial charge in [0, 0.05) is 19.1 Å². The monoisotopic (exact) mass is 211 g/mol. The number of rotatable bonds is 1. The zero-order valence-corrected chi connectivity index (χ0v) is 8.98. The highest BCUT2D eigenvalue weighted by atomic mass is 16.2. The van der Waals surface area contributed by atoms with Crippen LogP contribution in [0.25, 0.3) is 0 Å². The molecule has 1 aliphatic heterocycles. The van der Waals surface area contributed by atoms with Crippen molar-refractivity contribution in [3.8, 4) is 0 Å². The van der Waals surface area contributed by atoms with Crippen molar-refractivity contribution in [1.82, 2.24) is 9.80 Å². The molecule has 0 spiro atoms. The fraction of sp³-hybridized carbons (Fsp3) is 0.800. The second-order valence-corrected chi connectivity index (χ2v) is 4.47. The van der Waals surface area contributed by atoms with Crippen LogP contribution in [-0.2, 0) is 4.79 Å². The fourth-order valence-corrected chi connectivity index (χ4v) is 2.36. The third kappa shape index (κ3) is 1.84. The van der Waals surface area contributed by atoms with Gasteiger partial charge in [0.25, 0.3) is 5.91 Å². The Kier molecular flexibility index (Phi) is 2.65. The van der Waals surface area contributed by atoms with E-state index >= 15 is 0 Å². The summed E-state index contributed by atoms with van der Waals surface area (Å²) in [6, 6.07) is 0.169. The van der Waals surface area contributed by atoms with Gasteiger partial charge in [0.15, 0.2) is 0 Å². The number of hydrogen-bond donors (Lipinski definition) is 1. The highest BCUT2D eigenvalue weighted by Crippen LogP contribution is 2.25. The van der Waals surface area contributed by atoms with Crippen LogP contribution in [0.4, 0.5) is 4.79 Å². The summed E-state index contributed by atoms with van der Waals surface area (Å²) in [4.78, 5) is 26.2. The van der Waals surface area contributed by atoms with Crippen molar-refractivity contribution < 1.29 is 9.59 Å². The molecule has 0 aromatic carbocycles. The van der Waals surface area contributed by atoms with E-state index < -0.39 is 0 Å². The molecule has 0 bridgehead atoms. The minimum Gasteiger partial charge on any atom is -0.328 e. The Hall–Kier alpha value is -1.10. The van der Waals surface area contributed by atoms with E-state index in [0.717, 1.165) is 25.7 Å². The molecule has 1 saturated heterocycles. The maximum atomic E-state index is 11.7. The average molecular weight is 211 g/mol. The van der Waals surface area contributed by atoms with Gasteiger partial charge in [-0.05, 0) is 25.7 Å². The van der Waals surface area contributed by atoms with E-state index in [1.165, 1.54) is 9.80 Å². The predicted octanol–water partition coefficient (Wildman–Crippen LogP) is 0.150. The first-order valence-electron chi connectivity index (χ1n) is 5.42. The van der Waals surface area contributed by atoms with Crippen molar-refractivity contribution in [2.75, 3.05) is 13.6 Å². The Bertz CT molecular complexity index is 284. The molecule has 0 radical (unpaired) electrons. The van der Waals surface area contributed by atoms with Gasteiger partial charge in [-0.15, -0.1) is 0 Å². The summed E-state index contributed by atoms with van der Waals surface area (Å²) >= 11 is 0. The van der Waals surface area contributed by atoms with Crippen molar-refractivity contribution in [2.24, 2.45) is 5.73 Å². The van der Waals surface area contributed by atoms with Gasteiger partial charge in [-0.3, -0.25) is 9.69 Å². The standard InChI is InChI=1S/C10H17N3O2/c1-12-6-9(14)13(10(12)15)8-4-2-7(11)3-5-8/h7-8H,2-6,11H2,1H3. The van der Waals surface area contributed by atoms with E-state index in [4.69, 9.17) is 5.73 Å². The zero-order valence-electron chi connectivity index (χ0n) is 8.98. The highest BCUT2D eigenvalue weighted by Gasteiger charge is 2.39. The third-order valence-corrected chi connectivity index (χ3v) is 3.28. The minimum absolute atomic E-state index is 0.0667. The second-order valence-electron chi connectivity index (χ2n) is 4.47. The van der Waals surface area contributed by atoms with Gasteiger partial charge in [-0.2, -0.15) is 0 Å². The molecule has 0 aromatic heterocycles. The molecular weight excluding hydrogens is 194 g/mol. The first-order valence-corrected chi connectivity index (χ1v) is 5.42. The van der Waals surface area contributed by atoms with Gasteiger partial charge in [0.05, 0.1) is 0 Å². The normalized spacial score (nSPS) is 32.7. The molecule has 5 nitrogen and oxygen atoms in total. The van der Waals surface area contributed by atoms with Gasteiger partial charge >= 0.3 is 6.03 Å². The summed E-state index contributed by atoms with van der Waals surface area (Å²) in [5, 5.41) is 0. The van der Waals surface area contributed by atoms with Gasteiger partial charge in [-0.25, -0.2) is 4.79 Å². The van der Waals surface area contributed by atoms with Gasteiger partial charge < -0.3 is 10.6 Å². The molecule has 5 heteroatoms. The summed E-state index contributed by atoms with van der Waals surface area (Å²) in [6.45, 7) is 0.224. The van der Waals surface area contributed by atoms with Crippen LogP contribution < -0.4 is 5.73 Å². The Morgan fingerprint density at radius 3 is 2.27 bits per heavy atom. The molecule has 2 aliphatic rings. The van der Waals surface area contributed by atoms with Crippen molar-refractivity contribution in [2.45, 2.75) is 37.8 Å². The summed E-state index contributed by atoms with van der Waals surface area (Å²) in [5.41, 5.74) is 5.79. The number of carbonyl (C=O) groups is 2. The fourth-order valence-electron chi connectivity index (χ4n) is 2.36. The number of amides is 3. The molecule has 2 N–H and O–H groups in total. The maximum Gasteiger partial charge on any atom is 0.327 e. The molecule has 1 saturated carbocycles. The third-order valence-electron chi connectivity index (χ3n) is 3.28. The molecule has 2 fully saturated rings. The second kappa shape index (κ2) is 3.81. The quantitative estimate of drug-likeness (QED) is 0.628. The van der Waals surface area contributed by atoms with E-state index in [9.17, 15) is 9.59 Å². The molecule has 1 aliphatic carbocycles. The van der Waals surface area contributed by atoms with Gasteiger partial charge in [0.1, 0.15) is 6.54 Å². The van der Waals surface area contributed by atoms with Crippen LogP contribution >= 0.6 is 0 Å². The molecular formula is C10H17N3O2. The molecule has 84 valence electrons. The average Bonchev–Trinajstić information content (AvgIpc) is 2.44. The van der Waals surface area contributed by atoms with Crippen LogP contribution in [0.3, 0.4) is 0 Å². The number of likely N-dealkylation sites (N-methyl/N-ethyl adjacent to an activating group) is 1. The van der Waals surface area contributed by atoms with E-state index in [2.05, 4.69) is 0 Å². The lowest BCUT2D eigenvalue weighted by molar-refractivity contribution is -0.127. The molecule has 0 aromatic rings. The van der Waals surface area contributed by atoms with Gasteiger partial charge in [-0.1, -0.05) is 0 Å². The molecule has 1 heterocycles. The van der Waals surface area contributed by atoms with Crippen LogP contribution in [0.2, 0.25) is 0 Å². The van der Waals surface area contributed by atoms with Crippen molar-refractivity contribution in [1.29, 1.82) is 0 Å². The van der Waals surface area contributed by atoms with Crippen LogP contribution in [-0.4, -0.2) is 47.4 Å². The van der Waals surface area contributed by atoms with Crippen LogP contribution in [0.1, 0.15) is 25.7 Å². The lowest BCUT2D eigenvalue weighted by Crippen LogP contribution is -2.44. The van der Waals surface area contributed by atoms with E-state index in [1.54, 1.807) is 7.05 Å². The van der Waals surface area contributed by atoms with Crippen LogP contribution in [0, 0.1) is 0 Å². The Labute approximate surface area is 89.2 Å². The molecule has 2 rings (SSSR count). The summed E-state index contributed by atoms with van der Waals surface area (Å²) < 4.78 is 0.